The fraction of sp³-hybridized carbons (Fsp3) is 0.258. The normalized spacial score (nSPS) is 11.1. The molecule has 0 bridgehead atoms. The zero-order valence-corrected chi connectivity index (χ0v) is 25.8. The molecule has 0 aliphatic rings. The Hall–Kier alpha value is -5.22. The molecular weight excluding hydrogens is 580 g/mol. The molecule has 12 nitrogen and oxygen atoms in total. The Kier molecular flexibility index (Phi) is 9.97. The Balaban J connectivity index is 0.000000153. The molecule has 0 saturated carbocycles. The molecule has 0 aliphatic heterocycles. The minimum atomic E-state index is -3.38. The molecule has 0 aliphatic carbocycles. The highest BCUT2D eigenvalue weighted by Crippen LogP contribution is 2.21. The second kappa shape index (κ2) is 13.8. The van der Waals surface area contributed by atoms with Gasteiger partial charge < -0.3 is 4.42 Å². The Labute approximate surface area is 255 Å². The highest BCUT2D eigenvalue weighted by atomic mass is 32.2. The molecule has 5 heterocycles. The van der Waals surface area contributed by atoms with E-state index in [-0.39, 0.29) is 4.90 Å². The van der Waals surface area contributed by atoms with Gasteiger partial charge in [-0.15, -0.1) is 20.4 Å². The molecular formula is C31H32N8O4S. The third-order valence-electron chi connectivity index (χ3n) is 6.38. The van der Waals surface area contributed by atoms with Crippen LogP contribution in [0.3, 0.4) is 0 Å². The second-order valence-electron chi connectivity index (χ2n) is 10.5. The van der Waals surface area contributed by atoms with Gasteiger partial charge in [0.05, 0.1) is 11.1 Å². The van der Waals surface area contributed by atoms with Crippen molar-refractivity contribution in [1.82, 2.24) is 34.2 Å². The van der Waals surface area contributed by atoms with E-state index in [1.54, 1.807) is 36.7 Å². The number of carbonyl (C=O) groups is 1. The lowest BCUT2D eigenvalue weighted by Crippen LogP contribution is -2.02. The third kappa shape index (κ3) is 7.40. The maximum atomic E-state index is 11.3. The van der Waals surface area contributed by atoms with Crippen molar-refractivity contribution >= 4 is 27.4 Å². The predicted molar refractivity (Wildman–Crippen MR) is 165 cm³/mol. The first kappa shape index (κ1) is 31.7. The molecule has 0 radical (unpaired) electrons. The number of fused-ring (bicyclic) bond motifs is 2. The molecule has 0 fully saturated rings. The van der Waals surface area contributed by atoms with E-state index in [1.807, 2.05) is 47.9 Å². The Morgan fingerprint density at radius 2 is 1.45 bits per heavy atom. The lowest BCUT2D eigenvalue weighted by molar-refractivity contribution is 0.112. The number of nitrogens with zero attached hydrogens (tertiary/aromatic N) is 8. The topological polar surface area (TPSA) is 142 Å². The molecule has 13 heteroatoms. The Morgan fingerprint density at radius 3 is 1.98 bits per heavy atom. The smallest absolute Gasteiger partial charge is 0.316 e. The van der Waals surface area contributed by atoms with Crippen molar-refractivity contribution in [3.63, 3.8) is 0 Å². The van der Waals surface area contributed by atoms with Crippen LogP contribution in [0.2, 0.25) is 0 Å². The van der Waals surface area contributed by atoms with E-state index < -0.39 is 15.7 Å². The largest absolute Gasteiger partial charge is 0.443 e. The number of aldehydes is 1. The number of carbonyl (C=O) groups excluding carboxylic acids is 1. The van der Waals surface area contributed by atoms with E-state index in [4.69, 9.17) is 11.0 Å². The summed E-state index contributed by atoms with van der Waals surface area (Å²) in [6.07, 6.45) is 7.68. The zero-order chi connectivity index (χ0) is 31.9. The summed E-state index contributed by atoms with van der Waals surface area (Å²) in [6.45, 7) is 16.7. The van der Waals surface area contributed by atoms with Crippen LogP contribution in [0.1, 0.15) is 67.1 Å². The van der Waals surface area contributed by atoms with Crippen molar-refractivity contribution in [3.8, 4) is 11.3 Å². The van der Waals surface area contributed by atoms with E-state index in [9.17, 15) is 13.2 Å². The van der Waals surface area contributed by atoms with Gasteiger partial charge >= 0.3 is 5.88 Å². The number of hydrogen-bond donors (Lipinski definition) is 0. The number of sulfone groups is 1. The summed E-state index contributed by atoms with van der Waals surface area (Å²) in [6, 6.07) is 13.9. The highest BCUT2D eigenvalue weighted by Gasteiger charge is 2.16. The number of aromatic nitrogens is 7. The average Bonchev–Trinajstić information content (AvgIpc) is 3.77. The number of aryl methyl sites for hydroxylation is 1. The van der Waals surface area contributed by atoms with Gasteiger partial charge in [0.1, 0.15) is 11.6 Å². The summed E-state index contributed by atoms with van der Waals surface area (Å²) >= 11 is 0. The summed E-state index contributed by atoms with van der Waals surface area (Å²) in [5, 5.41) is 16.4. The summed E-state index contributed by atoms with van der Waals surface area (Å²) in [7, 11) is -3.38. The van der Waals surface area contributed by atoms with Crippen molar-refractivity contribution in [1.29, 1.82) is 0 Å². The van der Waals surface area contributed by atoms with E-state index in [2.05, 4.69) is 44.1 Å². The molecule has 1 aromatic carbocycles. The first-order valence-corrected chi connectivity index (χ1v) is 15.3. The monoisotopic (exact) mass is 612 g/mol. The number of rotatable bonds is 6. The van der Waals surface area contributed by atoms with Crippen molar-refractivity contribution in [2.75, 3.05) is 5.88 Å². The van der Waals surface area contributed by atoms with E-state index in [0.29, 0.717) is 17.4 Å². The van der Waals surface area contributed by atoms with Crippen LogP contribution in [-0.2, 0) is 9.84 Å². The average molecular weight is 613 g/mol. The Bertz CT molecular complexity index is 2000. The van der Waals surface area contributed by atoms with Crippen LogP contribution in [0.5, 0.6) is 0 Å². The van der Waals surface area contributed by atoms with Crippen LogP contribution in [0.15, 0.2) is 82.8 Å². The van der Waals surface area contributed by atoms with Gasteiger partial charge in [-0.25, -0.2) is 20.0 Å². The standard InChI is InChI=1S/C12H12N4O.C10H11N3O.C9H9NO2S/c1-8(2)12-15-14-11-4-3-9(6-16(11)12)10-5-13-7-17-10;1-7(2)10-12-11-9-4-3-8(6-14)5-13(9)10;1-8-3-5-9(6-4-8)13(11,12)7-10-2/h3-8H,1-2H3;3-7H,1-2H3;3-6H,7H2,1H3. The zero-order valence-electron chi connectivity index (χ0n) is 25.0. The fourth-order valence-corrected chi connectivity index (χ4v) is 4.97. The van der Waals surface area contributed by atoms with Gasteiger partial charge in [0.15, 0.2) is 29.7 Å². The van der Waals surface area contributed by atoms with Crippen LogP contribution >= 0.6 is 0 Å². The highest BCUT2D eigenvalue weighted by molar-refractivity contribution is 7.91. The summed E-state index contributed by atoms with van der Waals surface area (Å²) in [5.74, 6) is 2.72. The van der Waals surface area contributed by atoms with Gasteiger partial charge in [-0.1, -0.05) is 45.4 Å². The first-order chi connectivity index (χ1) is 21.0. The molecule has 226 valence electrons. The third-order valence-corrected chi connectivity index (χ3v) is 7.84. The molecule has 0 amide bonds. The number of hydrogen-bond acceptors (Lipinski definition) is 9. The molecule has 6 aromatic rings. The molecule has 0 atom stereocenters. The van der Waals surface area contributed by atoms with Gasteiger partial charge in [-0.05, 0) is 43.3 Å². The van der Waals surface area contributed by atoms with E-state index >= 15 is 0 Å². The van der Waals surface area contributed by atoms with E-state index in [1.165, 1.54) is 18.5 Å². The van der Waals surface area contributed by atoms with Gasteiger partial charge in [-0.2, -0.15) is 0 Å². The number of pyridine rings is 2. The predicted octanol–water partition coefficient (Wildman–Crippen LogP) is 5.82. The van der Waals surface area contributed by atoms with Crippen molar-refractivity contribution < 1.29 is 17.6 Å². The van der Waals surface area contributed by atoms with Crippen LogP contribution in [0, 0.1) is 13.5 Å². The van der Waals surface area contributed by atoms with Crippen molar-refractivity contribution in [3.05, 3.63) is 108 Å². The molecule has 44 heavy (non-hydrogen) atoms. The van der Waals surface area contributed by atoms with E-state index in [0.717, 1.165) is 46.1 Å². The quantitative estimate of drug-likeness (QED) is 0.168. The molecule has 0 saturated heterocycles. The maximum Gasteiger partial charge on any atom is 0.316 e. The maximum absolute atomic E-state index is 11.3. The fourth-order valence-electron chi connectivity index (χ4n) is 4.10. The molecule has 0 N–H and O–H groups in total. The summed E-state index contributed by atoms with van der Waals surface area (Å²) in [5.41, 5.74) is 4.23. The van der Waals surface area contributed by atoms with Crippen LogP contribution in [-0.4, -0.2) is 54.8 Å². The number of oxazole rings is 1. The molecule has 6 rings (SSSR count). The SMILES string of the molecule is CC(C)c1nnc2ccc(-c3cnco3)cn12.CC(C)c1nnc2ccc(C=O)cn12.[C-]#[N+]CS(=O)(=O)c1ccc(C)cc1. The van der Waals surface area contributed by atoms with Crippen LogP contribution in [0.25, 0.3) is 27.5 Å². The van der Waals surface area contributed by atoms with Gasteiger partial charge in [0.25, 0.3) is 9.84 Å². The summed E-state index contributed by atoms with van der Waals surface area (Å²) < 4.78 is 31.8. The lowest BCUT2D eigenvalue weighted by atomic mass is 10.2. The minimum absolute atomic E-state index is 0.217. The van der Waals surface area contributed by atoms with Crippen molar-refractivity contribution in [2.24, 2.45) is 0 Å². The first-order valence-electron chi connectivity index (χ1n) is 13.7. The minimum Gasteiger partial charge on any atom is -0.443 e. The van der Waals surface area contributed by atoms with Crippen molar-refractivity contribution in [2.45, 2.75) is 51.3 Å². The van der Waals surface area contributed by atoms with Gasteiger partial charge in [-0.3, -0.25) is 18.4 Å². The Morgan fingerprint density at radius 1 is 0.864 bits per heavy atom. The second-order valence-corrected chi connectivity index (χ2v) is 12.4. The number of benzene rings is 1. The van der Waals surface area contributed by atoms with Crippen LogP contribution in [0.4, 0.5) is 0 Å². The molecule has 5 aromatic heterocycles. The molecule has 0 unspecified atom stereocenters. The lowest BCUT2D eigenvalue weighted by Gasteiger charge is -2.03. The molecule has 0 spiro atoms. The van der Waals surface area contributed by atoms with Gasteiger partial charge in [0.2, 0.25) is 0 Å². The van der Waals surface area contributed by atoms with Gasteiger partial charge in [0, 0.05) is 35.4 Å². The summed E-state index contributed by atoms with van der Waals surface area (Å²) in [4.78, 5) is 17.6. The van der Waals surface area contributed by atoms with Crippen LogP contribution < -0.4 is 0 Å².